The summed E-state index contributed by atoms with van der Waals surface area (Å²) >= 11 is 0. The lowest BCUT2D eigenvalue weighted by Crippen LogP contribution is -1.98. The van der Waals surface area contributed by atoms with E-state index in [0.29, 0.717) is 5.69 Å². The van der Waals surface area contributed by atoms with Crippen molar-refractivity contribution in [2.45, 2.75) is 4.90 Å². The molecule has 0 bridgehead atoms. The van der Waals surface area contributed by atoms with E-state index in [4.69, 9.17) is 21.1 Å². The Hall–Kier alpha value is -1.65. The van der Waals surface area contributed by atoms with Crippen LogP contribution in [0, 0.1) is 10.8 Å². The monoisotopic (exact) mass is 201 g/mol. The lowest BCUT2D eigenvalue weighted by atomic mass is 10.3. The molecule has 0 aliphatic rings. The van der Waals surface area contributed by atoms with Gasteiger partial charge in [0.15, 0.2) is 0 Å². The number of nitrogens with two attached hydrogens (primary N) is 1. The lowest BCUT2D eigenvalue weighted by molar-refractivity contribution is 0.483. The van der Waals surface area contributed by atoms with Gasteiger partial charge >= 0.3 is 0 Å². The highest BCUT2D eigenvalue weighted by molar-refractivity contribution is 7.85. The maximum atomic E-state index is 10.5. The second kappa shape index (κ2) is 4.39. The number of nitrogens with zero attached hydrogens (tertiary/aromatic N) is 2. The molecule has 1 rings (SSSR count). The van der Waals surface area contributed by atoms with Gasteiger partial charge < -0.3 is 5.73 Å². The summed E-state index contributed by atoms with van der Waals surface area (Å²) in [5, 5.41) is 12.0. The van der Waals surface area contributed by atoms with Gasteiger partial charge in [0, 0.05) is 16.5 Å². The van der Waals surface area contributed by atoms with E-state index in [2.05, 4.69) is 0 Å². The third kappa shape index (κ3) is 3.50. The number of benzene rings is 1. The summed E-state index contributed by atoms with van der Waals surface area (Å²) < 4.78 is 29.5. The van der Waals surface area contributed by atoms with Crippen molar-refractivity contribution in [3.05, 3.63) is 24.3 Å². The fraction of sp³-hybridized carbons (Fsp3) is 0. The third-order valence-corrected chi connectivity index (χ3v) is 2.01. The third-order valence-electron chi connectivity index (χ3n) is 1.16. The smallest absolute Gasteiger partial charge is 0.294 e. The highest BCUT2D eigenvalue weighted by atomic mass is 32.2. The van der Waals surface area contributed by atoms with Crippen LogP contribution in [0.15, 0.2) is 29.2 Å². The molecule has 1 aromatic carbocycles. The van der Waals surface area contributed by atoms with E-state index in [1.165, 1.54) is 24.3 Å². The normalized spacial score (nSPS) is 9.77. The van der Waals surface area contributed by atoms with Gasteiger partial charge in [-0.25, -0.2) is 0 Å². The first-order chi connectivity index (χ1) is 6.00. The molecular weight excluding hydrogens is 194 g/mol. The number of nitrogen functional groups attached to an aromatic ring is 1. The molecule has 0 aliphatic heterocycles. The molecule has 0 atom stereocenters. The van der Waals surface area contributed by atoms with Crippen LogP contribution in [0.3, 0.4) is 0 Å². The van der Waals surface area contributed by atoms with Gasteiger partial charge in [0.2, 0.25) is 0 Å². The summed E-state index contributed by atoms with van der Waals surface area (Å²) in [6.07, 6.45) is 0. The zero-order valence-corrected chi connectivity index (χ0v) is 7.27. The predicted molar refractivity (Wildman–Crippen MR) is 44.1 cm³/mol. The second-order valence-electron chi connectivity index (χ2n) is 2.05. The topological polar surface area (TPSA) is 128 Å². The van der Waals surface area contributed by atoms with Crippen LogP contribution in [0.5, 0.6) is 0 Å². The molecule has 3 N–H and O–H groups in total. The Morgan fingerprint density at radius 3 is 2.15 bits per heavy atom. The molecule has 0 unspecified atom stereocenters. The van der Waals surface area contributed by atoms with Gasteiger partial charge in [-0.2, -0.15) is 8.42 Å². The van der Waals surface area contributed by atoms with Gasteiger partial charge in [-0.3, -0.25) is 4.55 Å². The van der Waals surface area contributed by atoms with Crippen LogP contribution in [0.2, 0.25) is 0 Å². The molecule has 0 aliphatic carbocycles. The minimum absolute atomic E-state index is 0.183. The molecule has 13 heavy (non-hydrogen) atoms. The van der Waals surface area contributed by atoms with Crippen molar-refractivity contribution < 1.29 is 13.0 Å². The quantitative estimate of drug-likeness (QED) is 0.387. The van der Waals surface area contributed by atoms with Crippen LogP contribution < -0.4 is 5.73 Å². The Balaban J connectivity index is 0.000000671. The number of rotatable bonds is 1. The average molecular weight is 201 g/mol. The first-order valence-corrected chi connectivity index (χ1v) is 4.47. The van der Waals surface area contributed by atoms with Gasteiger partial charge in [-0.1, -0.05) is 6.07 Å². The fourth-order valence-corrected chi connectivity index (χ4v) is 1.21. The fourth-order valence-electron chi connectivity index (χ4n) is 0.675. The van der Waals surface area contributed by atoms with Crippen molar-refractivity contribution in [1.82, 2.24) is 0 Å². The van der Waals surface area contributed by atoms with Crippen LogP contribution in [0.25, 0.3) is 0 Å². The summed E-state index contributed by atoms with van der Waals surface area (Å²) in [5.41, 5.74) is 5.59. The van der Waals surface area contributed by atoms with Crippen LogP contribution in [-0.4, -0.2) is 13.0 Å². The lowest BCUT2D eigenvalue weighted by Gasteiger charge is -1.96. The van der Waals surface area contributed by atoms with E-state index < -0.39 is 10.1 Å². The number of hydrogen-bond acceptors (Lipinski definition) is 5. The molecule has 7 heteroatoms. The molecule has 0 amide bonds. The van der Waals surface area contributed by atoms with Crippen molar-refractivity contribution >= 4 is 15.8 Å². The first-order valence-electron chi connectivity index (χ1n) is 3.03. The SMILES string of the molecule is N#N.Nc1cccc(S(=O)(=O)O)c1. The average Bonchev–Trinajstić information content (AvgIpc) is 2.06. The summed E-state index contributed by atoms with van der Waals surface area (Å²) in [4.78, 5) is -0.183. The number of anilines is 1. The molecule has 6 nitrogen and oxygen atoms in total. The summed E-state index contributed by atoms with van der Waals surface area (Å²) in [6.45, 7) is 0. The highest BCUT2D eigenvalue weighted by Crippen LogP contribution is 2.11. The van der Waals surface area contributed by atoms with E-state index in [9.17, 15) is 8.42 Å². The molecule has 70 valence electrons. The van der Waals surface area contributed by atoms with Crippen LogP contribution in [0.4, 0.5) is 5.69 Å². The Bertz CT molecular complexity index is 399. The van der Waals surface area contributed by atoms with Crippen molar-refractivity contribution in [3.8, 4) is 0 Å². The minimum atomic E-state index is -4.11. The molecule has 0 saturated carbocycles. The Kier molecular flexibility index (Phi) is 3.84. The second-order valence-corrected chi connectivity index (χ2v) is 3.47. The van der Waals surface area contributed by atoms with E-state index in [-0.39, 0.29) is 4.90 Å². The Morgan fingerprint density at radius 1 is 1.31 bits per heavy atom. The molecule has 1 aromatic rings. The van der Waals surface area contributed by atoms with Crippen molar-refractivity contribution in [3.63, 3.8) is 0 Å². The van der Waals surface area contributed by atoms with Gasteiger partial charge in [0.1, 0.15) is 0 Å². The molecular formula is C6H7N3O3S. The van der Waals surface area contributed by atoms with Crippen LogP contribution >= 0.6 is 0 Å². The van der Waals surface area contributed by atoms with Gasteiger partial charge in [-0.15, -0.1) is 0 Å². The zero-order valence-electron chi connectivity index (χ0n) is 6.45. The Morgan fingerprint density at radius 2 is 1.85 bits per heavy atom. The van der Waals surface area contributed by atoms with Crippen molar-refractivity contribution in [2.24, 2.45) is 0 Å². The highest BCUT2D eigenvalue weighted by Gasteiger charge is 2.07. The summed E-state index contributed by atoms with van der Waals surface area (Å²) in [6, 6.07) is 5.45. The first kappa shape index (κ1) is 11.4. The maximum absolute atomic E-state index is 10.5. The van der Waals surface area contributed by atoms with Crippen molar-refractivity contribution in [2.75, 3.05) is 5.73 Å². The summed E-state index contributed by atoms with van der Waals surface area (Å²) in [5.74, 6) is 0. The van der Waals surface area contributed by atoms with Crippen LogP contribution in [0.1, 0.15) is 0 Å². The van der Waals surface area contributed by atoms with E-state index >= 15 is 0 Å². The maximum Gasteiger partial charge on any atom is 0.294 e. The molecule has 0 radical (unpaired) electrons. The van der Waals surface area contributed by atoms with E-state index in [1.54, 1.807) is 0 Å². The Labute approximate surface area is 75.2 Å². The molecule has 0 heterocycles. The standard InChI is InChI=1S/C6H7NO3S.N2/c7-5-2-1-3-6(4-5)11(8,9)10;1-2/h1-4H,7H2,(H,8,9,10);. The molecule has 0 saturated heterocycles. The van der Waals surface area contributed by atoms with Gasteiger partial charge in [-0.05, 0) is 18.2 Å². The zero-order chi connectivity index (χ0) is 10.5. The van der Waals surface area contributed by atoms with Gasteiger partial charge in [0.25, 0.3) is 10.1 Å². The van der Waals surface area contributed by atoms with E-state index in [0.717, 1.165) is 0 Å². The minimum Gasteiger partial charge on any atom is -0.399 e. The van der Waals surface area contributed by atoms with Gasteiger partial charge in [0.05, 0.1) is 4.90 Å². The largest absolute Gasteiger partial charge is 0.399 e. The molecule has 0 aromatic heterocycles. The predicted octanol–water partition coefficient (Wildman–Crippen LogP) is 0.546. The molecule has 0 fully saturated rings. The van der Waals surface area contributed by atoms with Crippen LogP contribution in [-0.2, 0) is 10.1 Å². The number of hydrogen-bond donors (Lipinski definition) is 2. The van der Waals surface area contributed by atoms with Crippen molar-refractivity contribution in [1.29, 1.82) is 10.8 Å². The van der Waals surface area contributed by atoms with E-state index in [1.807, 2.05) is 0 Å². The summed E-state index contributed by atoms with van der Waals surface area (Å²) in [7, 11) is -4.11. The molecule has 0 spiro atoms.